The van der Waals surface area contributed by atoms with E-state index >= 15 is 0 Å². The van der Waals surface area contributed by atoms with Crippen LogP contribution in [0.15, 0.2) is 77.2 Å². The Labute approximate surface area is 165 Å². The number of thioether (sulfide) groups is 2. The summed E-state index contributed by atoms with van der Waals surface area (Å²) in [5.41, 5.74) is 2.84. The van der Waals surface area contributed by atoms with Crippen LogP contribution in [0.5, 0.6) is 0 Å². The summed E-state index contributed by atoms with van der Waals surface area (Å²) in [5.74, 6) is 4.40. The van der Waals surface area contributed by atoms with Crippen molar-refractivity contribution in [3.8, 4) is 0 Å². The van der Waals surface area contributed by atoms with Crippen LogP contribution < -0.4 is 0 Å². The van der Waals surface area contributed by atoms with Crippen molar-refractivity contribution < 1.29 is 4.42 Å². The minimum absolute atomic E-state index is 0.535. The van der Waals surface area contributed by atoms with Gasteiger partial charge in [0.05, 0.1) is 4.58 Å². The van der Waals surface area contributed by atoms with Crippen molar-refractivity contribution in [3.63, 3.8) is 0 Å². The van der Waals surface area contributed by atoms with Gasteiger partial charge in [-0.15, -0.1) is 23.5 Å². The lowest BCUT2D eigenvalue weighted by Crippen LogP contribution is -2.06. The average molecular weight is 383 g/mol. The maximum Gasteiger partial charge on any atom is 0.106 e. The first-order chi connectivity index (χ1) is 12.8. The molecule has 1 heterocycles. The number of furan rings is 1. The third-order valence-electron chi connectivity index (χ3n) is 4.24. The van der Waals surface area contributed by atoms with Crippen LogP contribution in [0, 0.1) is 6.92 Å². The summed E-state index contributed by atoms with van der Waals surface area (Å²) >= 11 is 4.12. The third-order valence-corrected chi connectivity index (χ3v) is 7.01. The van der Waals surface area contributed by atoms with Crippen molar-refractivity contribution in [2.45, 2.75) is 30.8 Å². The summed E-state index contributed by atoms with van der Waals surface area (Å²) in [6.07, 6.45) is 3.24. The van der Waals surface area contributed by atoms with E-state index in [1.54, 1.807) is 0 Å². The van der Waals surface area contributed by atoms with Gasteiger partial charge in [-0.25, -0.2) is 0 Å². The summed E-state index contributed by atoms with van der Waals surface area (Å²) in [7, 11) is 0. The number of rotatable bonds is 10. The van der Waals surface area contributed by atoms with Crippen LogP contribution >= 0.6 is 23.5 Å². The highest BCUT2D eigenvalue weighted by atomic mass is 32.2. The monoisotopic (exact) mass is 382 g/mol. The van der Waals surface area contributed by atoms with Crippen LogP contribution in [0.3, 0.4) is 0 Å². The van der Waals surface area contributed by atoms with E-state index in [1.165, 1.54) is 11.1 Å². The summed E-state index contributed by atoms with van der Waals surface area (Å²) in [4.78, 5) is 0. The topological polar surface area (TPSA) is 13.1 Å². The third kappa shape index (κ3) is 6.62. The van der Waals surface area contributed by atoms with Gasteiger partial charge in [-0.05, 0) is 54.5 Å². The molecule has 3 heteroatoms. The lowest BCUT2D eigenvalue weighted by Gasteiger charge is -2.15. The quantitative estimate of drug-likeness (QED) is 0.376. The maximum atomic E-state index is 5.82. The van der Waals surface area contributed by atoms with Gasteiger partial charge in [-0.2, -0.15) is 0 Å². The summed E-state index contributed by atoms with van der Waals surface area (Å²) in [6.45, 7) is 2.02. The summed E-state index contributed by atoms with van der Waals surface area (Å²) in [5, 5.41) is 0. The normalized spacial score (nSPS) is 11.2. The molecule has 0 aliphatic heterocycles. The molecule has 0 N–H and O–H groups in total. The average Bonchev–Trinajstić information content (AvgIpc) is 3.08. The number of benzene rings is 2. The highest BCUT2D eigenvalue weighted by Gasteiger charge is 2.13. The minimum Gasteiger partial charge on any atom is -0.466 e. The van der Waals surface area contributed by atoms with Gasteiger partial charge in [0.2, 0.25) is 0 Å². The van der Waals surface area contributed by atoms with E-state index in [4.69, 9.17) is 4.42 Å². The second-order valence-corrected chi connectivity index (χ2v) is 9.28. The molecule has 0 saturated heterocycles. The van der Waals surface area contributed by atoms with Gasteiger partial charge < -0.3 is 4.42 Å². The molecule has 2 aromatic carbocycles. The first-order valence-corrected chi connectivity index (χ1v) is 11.3. The van der Waals surface area contributed by atoms with E-state index in [9.17, 15) is 0 Å². The van der Waals surface area contributed by atoms with Crippen molar-refractivity contribution in [3.05, 3.63) is 95.4 Å². The smallest absolute Gasteiger partial charge is 0.106 e. The molecular formula is C23H26OS2. The summed E-state index contributed by atoms with van der Waals surface area (Å²) < 4.78 is 6.35. The molecular weight excluding hydrogens is 356 g/mol. The zero-order chi connectivity index (χ0) is 18.0. The Bertz CT molecular complexity index is 707. The van der Waals surface area contributed by atoms with Crippen molar-refractivity contribution in [1.82, 2.24) is 0 Å². The van der Waals surface area contributed by atoms with Gasteiger partial charge in [0.1, 0.15) is 11.5 Å². The zero-order valence-corrected chi connectivity index (χ0v) is 16.9. The molecule has 1 aromatic heterocycles. The zero-order valence-electron chi connectivity index (χ0n) is 15.3. The first-order valence-electron chi connectivity index (χ1n) is 9.16. The van der Waals surface area contributed by atoms with E-state index < -0.39 is 0 Å². The molecule has 0 spiro atoms. The van der Waals surface area contributed by atoms with Crippen LogP contribution in [0.1, 0.15) is 22.6 Å². The molecule has 3 rings (SSSR count). The Morgan fingerprint density at radius 2 is 1.27 bits per heavy atom. The standard InChI is InChI=1S/C23H26OS2/c1-19-12-13-22(24-19)18-23(25-16-14-20-8-4-2-5-9-20)26-17-15-21-10-6-3-7-11-21/h2-13,23H,14-18H2,1H3. The Kier molecular flexibility index (Phi) is 7.78. The number of hydrogen-bond donors (Lipinski definition) is 0. The van der Waals surface area contributed by atoms with Crippen LogP contribution in [-0.2, 0) is 19.3 Å². The van der Waals surface area contributed by atoms with Crippen molar-refractivity contribution in [1.29, 1.82) is 0 Å². The van der Waals surface area contributed by atoms with Gasteiger partial charge in [0.15, 0.2) is 0 Å². The van der Waals surface area contributed by atoms with Gasteiger partial charge in [0.25, 0.3) is 0 Å². The fourth-order valence-corrected chi connectivity index (χ4v) is 5.59. The maximum absolute atomic E-state index is 5.82. The van der Waals surface area contributed by atoms with Crippen molar-refractivity contribution in [2.75, 3.05) is 11.5 Å². The molecule has 136 valence electrons. The van der Waals surface area contributed by atoms with E-state index in [2.05, 4.69) is 96.3 Å². The molecule has 26 heavy (non-hydrogen) atoms. The van der Waals surface area contributed by atoms with E-state index in [0.29, 0.717) is 4.58 Å². The fraction of sp³-hybridized carbons (Fsp3) is 0.304. The molecule has 0 amide bonds. The molecule has 0 saturated carbocycles. The lowest BCUT2D eigenvalue weighted by atomic mass is 10.2. The Morgan fingerprint density at radius 3 is 1.73 bits per heavy atom. The number of aryl methyl sites for hydroxylation is 3. The van der Waals surface area contributed by atoms with Crippen LogP contribution in [0.4, 0.5) is 0 Å². The van der Waals surface area contributed by atoms with Crippen LogP contribution in [-0.4, -0.2) is 16.1 Å². The van der Waals surface area contributed by atoms with Crippen molar-refractivity contribution in [2.24, 2.45) is 0 Å². The lowest BCUT2D eigenvalue weighted by molar-refractivity contribution is 0.488. The van der Waals surface area contributed by atoms with Gasteiger partial charge in [-0.3, -0.25) is 0 Å². The number of hydrogen-bond acceptors (Lipinski definition) is 3. The minimum atomic E-state index is 0.535. The van der Waals surface area contributed by atoms with Gasteiger partial charge in [-0.1, -0.05) is 60.7 Å². The van der Waals surface area contributed by atoms with Crippen molar-refractivity contribution >= 4 is 23.5 Å². The first kappa shape index (κ1) is 19.2. The fourth-order valence-electron chi connectivity index (χ4n) is 2.83. The molecule has 3 aromatic rings. The van der Waals surface area contributed by atoms with Gasteiger partial charge in [0, 0.05) is 6.42 Å². The van der Waals surface area contributed by atoms with Crippen LogP contribution in [0.2, 0.25) is 0 Å². The molecule has 0 radical (unpaired) electrons. The Hall–Kier alpha value is -1.58. The summed E-state index contributed by atoms with van der Waals surface area (Å²) in [6, 6.07) is 25.7. The molecule has 0 bridgehead atoms. The van der Waals surface area contributed by atoms with E-state index in [-0.39, 0.29) is 0 Å². The molecule has 0 aliphatic carbocycles. The second-order valence-electron chi connectivity index (χ2n) is 6.36. The highest BCUT2D eigenvalue weighted by Crippen LogP contribution is 2.29. The molecule has 1 nitrogen and oxygen atoms in total. The Morgan fingerprint density at radius 1 is 0.731 bits per heavy atom. The van der Waals surface area contributed by atoms with Gasteiger partial charge >= 0.3 is 0 Å². The SMILES string of the molecule is Cc1ccc(CC(SCCc2ccccc2)SCCc2ccccc2)o1. The van der Waals surface area contributed by atoms with Crippen LogP contribution in [0.25, 0.3) is 0 Å². The molecule has 0 fully saturated rings. The predicted molar refractivity (Wildman–Crippen MR) is 116 cm³/mol. The molecule has 0 aliphatic rings. The molecule has 0 unspecified atom stereocenters. The van der Waals surface area contributed by atoms with E-state index in [0.717, 1.165) is 42.3 Å². The molecule has 0 atom stereocenters. The second kappa shape index (κ2) is 10.5. The largest absolute Gasteiger partial charge is 0.466 e. The highest BCUT2D eigenvalue weighted by molar-refractivity contribution is 8.17. The van der Waals surface area contributed by atoms with E-state index in [1.807, 2.05) is 6.92 Å². The Balaban J connectivity index is 1.50. The predicted octanol–water partition coefficient (Wildman–Crippen LogP) is 6.41.